The molecule has 0 bridgehead atoms. The van der Waals surface area contributed by atoms with Crippen LogP contribution in [0.2, 0.25) is 0 Å². The Morgan fingerprint density at radius 3 is 1.41 bits per heavy atom. The maximum absolute atomic E-state index is 12.2. The van der Waals surface area contributed by atoms with Crippen LogP contribution >= 0.6 is 0 Å². The number of aliphatic hydroxyl groups excluding tert-OH is 2. The highest BCUT2D eigenvalue weighted by Crippen LogP contribution is 2.23. The smallest absolute Gasteiger partial charge is 0.494 e. The van der Waals surface area contributed by atoms with Gasteiger partial charge in [-0.1, -0.05) is 24.3 Å². The van der Waals surface area contributed by atoms with Gasteiger partial charge in [-0.05, 0) is 24.3 Å². The monoisotopic (exact) mass is 446 g/mol. The number of carbonyl (C=O) groups excluding carboxylic acids is 3. The number of carbonyl (C=O) groups is 3. The van der Waals surface area contributed by atoms with Gasteiger partial charge in [-0.15, -0.1) is 0 Å². The summed E-state index contributed by atoms with van der Waals surface area (Å²) in [7, 11) is 0. The van der Waals surface area contributed by atoms with E-state index in [-0.39, 0.29) is 13.2 Å². The summed E-state index contributed by atoms with van der Waals surface area (Å²) in [5.74, 6) is 1.08. The molecular weight excluding hydrogens is 420 g/mol. The Balaban J connectivity index is 1.93. The van der Waals surface area contributed by atoms with Crippen LogP contribution in [0.1, 0.15) is 36.2 Å². The zero-order valence-electron chi connectivity index (χ0n) is 17.4. The highest BCUT2D eigenvalue weighted by molar-refractivity contribution is 5.71. The highest BCUT2D eigenvalue weighted by Gasteiger charge is 2.22. The molecule has 9 heteroatoms. The first-order valence-electron chi connectivity index (χ1n) is 10.1. The van der Waals surface area contributed by atoms with Gasteiger partial charge in [0.05, 0.1) is 13.2 Å². The molecule has 0 amide bonds. The Kier molecular flexibility index (Phi) is 10.7. The molecule has 2 N–H and O–H groups in total. The largest absolute Gasteiger partial charge is 0.510 e. The van der Waals surface area contributed by atoms with Crippen LogP contribution in [0.5, 0.6) is 11.5 Å². The third kappa shape index (κ3) is 8.01. The van der Waals surface area contributed by atoms with Crippen LogP contribution in [-0.2, 0) is 19.1 Å². The second-order valence-electron chi connectivity index (χ2n) is 6.59. The molecule has 2 unspecified atom stereocenters. The molecule has 9 nitrogen and oxygen atoms in total. The highest BCUT2D eigenvalue weighted by atomic mass is 16.7. The fourth-order valence-corrected chi connectivity index (χ4v) is 2.60. The van der Waals surface area contributed by atoms with Crippen molar-refractivity contribution >= 4 is 18.7 Å². The number of aliphatic hydroxyl groups is 2. The predicted octanol–water partition coefficient (Wildman–Crippen LogP) is 2.54. The minimum absolute atomic E-state index is 0.0194. The van der Waals surface area contributed by atoms with Gasteiger partial charge < -0.3 is 29.2 Å². The lowest BCUT2D eigenvalue weighted by molar-refractivity contribution is -0.120. The molecule has 0 aromatic heterocycles. The lowest BCUT2D eigenvalue weighted by atomic mass is 10.1. The molecule has 32 heavy (non-hydrogen) atoms. The molecule has 0 spiro atoms. The number of hydrogen-bond acceptors (Lipinski definition) is 9. The third-order valence-electron chi connectivity index (χ3n) is 4.25. The van der Waals surface area contributed by atoms with E-state index < -0.39 is 18.4 Å². The van der Waals surface area contributed by atoms with Crippen LogP contribution in [-0.4, -0.2) is 55.4 Å². The van der Waals surface area contributed by atoms with E-state index in [9.17, 15) is 14.4 Å². The molecule has 2 aromatic rings. The van der Waals surface area contributed by atoms with Gasteiger partial charge in [0, 0.05) is 37.2 Å². The number of hydrogen-bond donors (Lipinski definition) is 2. The summed E-state index contributed by atoms with van der Waals surface area (Å²) in [6.07, 6.45) is -1.75. The fourth-order valence-electron chi connectivity index (χ4n) is 2.60. The van der Waals surface area contributed by atoms with E-state index in [4.69, 9.17) is 29.2 Å². The van der Waals surface area contributed by atoms with E-state index in [1.165, 1.54) is 0 Å². The van der Waals surface area contributed by atoms with Gasteiger partial charge >= 0.3 is 6.16 Å². The van der Waals surface area contributed by atoms with Gasteiger partial charge in [-0.2, -0.15) is 0 Å². The number of rotatable bonds is 14. The summed E-state index contributed by atoms with van der Waals surface area (Å²) in [5.41, 5.74) is 0.803. The Morgan fingerprint density at radius 2 is 1.09 bits per heavy atom. The molecule has 0 saturated carbocycles. The Morgan fingerprint density at radius 1 is 0.719 bits per heavy atom. The fraction of sp³-hybridized carbons (Fsp3) is 0.348. The summed E-state index contributed by atoms with van der Waals surface area (Å²) >= 11 is 0. The van der Waals surface area contributed by atoms with Crippen LogP contribution in [0.25, 0.3) is 0 Å². The summed E-state index contributed by atoms with van der Waals surface area (Å²) in [6.45, 7) is 0.731. The standard InChI is InChI=1S/C23H26O9/c24-11-1-13-29-19-7-3-17(4-8-19)21(15-26)31-23(28)32-22(16-27)18-5-9-20(10-6-18)30-14-2-12-25/h3-10,15-16,21-22,24-25H,1-2,11-14H2. The van der Waals surface area contributed by atoms with Crippen LogP contribution in [0.4, 0.5) is 4.79 Å². The van der Waals surface area contributed by atoms with Crippen molar-refractivity contribution in [3.63, 3.8) is 0 Å². The minimum atomic E-state index is -1.22. The average molecular weight is 446 g/mol. The molecule has 0 radical (unpaired) electrons. The van der Waals surface area contributed by atoms with Gasteiger partial charge in [0.2, 0.25) is 0 Å². The molecule has 2 atom stereocenters. The van der Waals surface area contributed by atoms with Crippen molar-refractivity contribution in [1.29, 1.82) is 0 Å². The third-order valence-corrected chi connectivity index (χ3v) is 4.25. The number of benzene rings is 2. The first-order chi connectivity index (χ1) is 15.6. The zero-order valence-corrected chi connectivity index (χ0v) is 17.4. The lowest BCUT2D eigenvalue weighted by Crippen LogP contribution is -2.17. The van der Waals surface area contributed by atoms with Crippen molar-refractivity contribution in [2.45, 2.75) is 25.0 Å². The average Bonchev–Trinajstić information content (AvgIpc) is 2.82. The lowest BCUT2D eigenvalue weighted by Gasteiger charge is -2.16. The summed E-state index contributed by atoms with van der Waals surface area (Å²) in [4.78, 5) is 35.0. The van der Waals surface area contributed by atoms with E-state index in [1.54, 1.807) is 48.5 Å². The summed E-state index contributed by atoms with van der Waals surface area (Å²) in [5, 5.41) is 17.5. The van der Waals surface area contributed by atoms with E-state index >= 15 is 0 Å². The van der Waals surface area contributed by atoms with E-state index in [1.807, 2.05) is 0 Å². The van der Waals surface area contributed by atoms with Crippen molar-refractivity contribution in [2.75, 3.05) is 26.4 Å². The van der Waals surface area contributed by atoms with Crippen LogP contribution in [0, 0.1) is 0 Å². The van der Waals surface area contributed by atoms with Crippen LogP contribution < -0.4 is 9.47 Å². The Hall–Kier alpha value is -3.43. The number of ether oxygens (including phenoxy) is 4. The molecule has 2 rings (SSSR count). The van der Waals surface area contributed by atoms with Crippen molar-refractivity contribution in [2.24, 2.45) is 0 Å². The molecule has 0 saturated heterocycles. The first-order valence-corrected chi connectivity index (χ1v) is 10.1. The van der Waals surface area contributed by atoms with E-state index in [2.05, 4.69) is 0 Å². The van der Waals surface area contributed by atoms with Crippen LogP contribution in [0.3, 0.4) is 0 Å². The summed E-state index contributed by atoms with van der Waals surface area (Å²) in [6, 6.07) is 12.7. The Labute approximate surface area is 185 Å². The second kappa shape index (κ2) is 13.8. The Bertz CT molecular complexity index is 764. The van der Waals surface area contributed by atoms with E-state index in [0.717, 1.165) is 0 Å². The summed E-state index contributed by atoms with van der Waals surface area (Å²) < 4.78 is 20.9. The van der Waals surface area contributed by atoms with Crippen molar-refractivity contribution in [3.05, 3.63) is 59.7 Å². The van der Waals surface area contributed by atoms with E-state index in [0.29, 0.717) is 61.3 Å². The molecule has 0 aliphatic heterocycles. The van der Waals surface area contributed by atoms with Crippen LogP contribution in [0.15, 0.2) is 48.5 Å². The quantitative estimate of drug-likeness (QED) is 0.255. The normalized spacial score (nSPS) is 12.3. The van der Waals surface area contributed by atoms with Gasteiger partial charge in [0.15, 0.2) is 24.8 Å². The maximum atomic E-state index is 12.2. The molecule has 0 fully saturated rings. The molecule has 0 aliphatic rings. The molecule has 0 aliphatic carbocycles. The van der Waals surface area contributed by atoms with Gasteiger partial charge in [0.25, 0.3) is 0 Å². The maximum Gasteiger partial charge on any atom is 0.510 e. The van der Waals surface area contributed by atoms with Crippen molar-refractivity contribution in [1.82, 2.24) is 0 Å². The second-order valence-corrected chi connectivity index (χ2v) is 6.59. The SMILES string of the molecule is O=CC(OC(=O)OC(C=O)c1ccc(OCCCO)cc1)c1ccc(OCCCO)cc1. The number of aldehydes is 2. The van der Waals surface area contributed by atoms with Gasteiger partial charge in [-0.25, -0.2) is 4.79 Å². The predicted molar refractivity (Wildman–Crippen MR) is 112 cm³/mol. The van der Waals surface area contributed by atoms with Crippen molar-refractivity contribution < 1.29 is 43.5 Å². The van der Waals surface area contributed by atoms with Gasteiger partial charge in [-0.3, -0.25) is 9.59 Å². The first kappa shape index (κ1) is 24.8. The molecule has 172 valence electrons. The molecule has 0 heterocycles. The zero-order chi connectivity index (χ0) is 23.2. The topological polar surface area (TPSA) is 129 Å². The minimum Gasteiger partial charge on any atom is -0.494 e. The van der Waals surface area contributed by atoms with Gasteiger partial charge in [0.1, 0.15) is 11.5 Å². The molecule has 2 aromatic carbocycles. The molecular formula is C23H26O9. The van der Waals surface area contributed by atoms with Crippen molar-refractivity contribution in [3.8, 4) is 11.5 Å².